The Morgan fingerprint density at radius 2 is 2.17 bits per heavy atom. The molecule has 5 heteroatoms. The molecule has 18 heavy (non-hydrogen) atoms. The topological polar surface area (TPSA) is 57.1 Å². The van der Waals surface area contributed by atoms with E-state index in [9.17, 15) is 0 Å². The molecular weight excluding hydrogens is 248 g/mol. The number of halogens is 1. The molecule has 1 aliphatic heterocycles. The molecule has 1 aromatic heterocycles. The second-order valence-electron chi connectivity index (χ2n) is 4.10. The summed E-state index contributed by atoms with van der Waals surface area (Å²) in [6.45, 7) is 0.664. The van der Waals surface area contributed by atoms with Crippen LogP contribution >= 0.6 is 11.6 Å². The minimum atomic E-state index is 0.664. The molecule has 0 saturated carbocycles. The molecule has 3 rings (SSSR count). The van der Waals surface area contributed by atoms with Crippen LogP contribution in [0.3, 0.4) is 0 Å². The Kier molecular flexibility index (Phi) is 2.83. The van der Waals surface area contributed by atoms with Crippen molar-refractivity contribution in [2.45, 2.75) is 0 Å². The first kappa shape index (κ1) is 11.3. The fourth-order valence-electron chi connectivity index (χ4n) is 2.13. The Morgan fingerprint density at radius 3 is 2.94 bits per heavy atom. The molecule has 4 nitrogen and oxygen atoms in total. The summed E-state index contributed by atoms with van der Waals surface area (Å²) in [7, 11) is 0. The van der Waals surface area contributed by atoms with Crippen molar-refractivity contribution in [3.8, 4) is 0 Å². The fourth-order valence-corrected chi connectivity index (χ4v) is 2.30. The number of hydrazine groups is 2. The average molecular weight is 261 g/mol. The van der Waals surface area contributed by atoms with E-state index in [-0.39, 0.29) is 0 Å². The minimum absolute atomic E-state index is 0.664. The van der Waals surface area contributed by atoms with E-state index in [1.165, 1.54) is 5.12 Å². The van der Waals surface area contributed by atoms with Crippen LogP contribution < -0.4 is 16.4 Å². The van der Waals surface area contributed by atoms with Gasteiger partial charge in [0.1, 0.15) is 0 Å². The van der Waals surface area contributed by atoms with Crippen LogP contribution in [0.25, 0.3) is 5.57 Å². The predicted octanol–water partition coefficient (Wildman–Crippen LogP) is 2.30. The van der Waals surface area contributed by atoms with Crippen LogP contribution in [0.2, 0.25) is 5.02 Å². The SMILES string of the molecule is NN1NCC=C(c2ccc[nH]2)c2cc(Cl)ccc21. The van der Waals surface area contributed by atoms with Crippen molar-refractivity contribution in [3.05, 3.63) is 58.9 Å². The predicted molar refractivity (Wildman–Crippen MR) is 74.0 cm³/mol. The molecule has 0 saturated heterocycles. The van der Waals surface area contributed by atoms with E-state index in [4.69, 9.17) is 17.4 Å². The zero-order chi connectivity index (χ0) is 12.5. The fraction of sp³-hybridized carbons (Fsp3) is 0.0769. The molecule has 2 aromatic rings. The van der Waals surface area contributed by atoms with Crippen molar-refractivity contribution in [1.82, 2.24) is 10.4 Å². The van der Waals surface area contributed by atoms with Crippen LogP contribution in [0.4, 0.5) is 5.69 Å². The summed E-state index contributed by atoms with van der Waals surface area (Å²) in [4.78, 5) is 3.21. The maximum atomic E-state index is 6.09. The molecule has 0 unspecified atom stereocenters. The third kappa shape index (κ3) is 1.90. The number of nitrogens with one attached hydrogen (secondary N) is 2. The normalized spacial score (nSPS) is 15.0. The zero-order valence-electron chi connectivity index (χ0n) is 9.65. The van der Waals surface area contributed by atoms with Gasteiger partial charge < -0.3 is 4.98 Å². The first-order valence-electron chi connectivity index (χ1n) is 5.68. The number of nitrogens with zero attached hydrogens (tertiary/aromatic N) is 1. The number of H-pyrrole nitrogens is 1. The van der Waals surface area contributed by atoms with Gasteiger partial charge in [-0.2, -0.15) is 0 Å². The lowest BCUT2D eigenvalue weighted by molar-refractivity contribution is 0.698. The third-order valence-electron chi connectivity index (χ3n) is 2.96. The highest BCUT2D eigenvalue weighted by atomic mass is 35.5. The summed E-state index contributed by atoms with van der Waals surface area (Å²) in [5, 5.41) is 2.22. The van der Waals surface area contributed by atoms with E-state index in [2.05, 4.69) is 16.5 Å². The largest absolute Gasteiger partial charge is 0.361 e. The van der Waals surface area contributed by atoms with Crippen molar-refractivity contribution in [2.75, 3.05) is 11.7 Å². The summed E-state index contributed by atoms with van der Waals surface area (Å²) in [5.41, 5.74) is 7.15. The molecule has 1 aliphatic rings. The smallest absolute Gasteiger partial charge is 0.0779 e. The highest BCUT2D eigenvalue weighted by Crippen LogP contribution is 2.33. The van der Waals surface area contributed by atoms with Crippen molar-refractivity contribution in [3.63, 3.8) is 0 Å². The zero-order valence-corrected chi connectivity index (χ0v) is 10.4. The van der Waals surface area contributed by atoms with Crippen molar-refractivity contribution < 1.29 is 0 Å². The second kappa shape index (κ2) is 4.49. The summed E-state index contributed by atoms with van der Waals surface area (Å²) < 4.78 is 0. The molecule has 1 aromatic carbocycles. The molecule has 0 aliphatic carbocycles. The highest BCUT2D eigenvalue weighted by molar-refractivity contribution is 6.31. The maximum Gasteiger partial charge on any atom is 0.0779 e. The van der Waals surface area contributed by atoms with Crippen molar-refractivity contribution in [2.24, 2.45) is 5.84 Å². The van der Waals surface area contributed by atoms with E-state index >= 15 is 0 Å². The number of aromatic amines is 1. The van der Waals surface area contributed by atoms with Gasteiger partial charge >= 0.3 is 0 Å². The van der Waals surface area contributed by atoms with E-state index in [1.54, 1.807) is 0 Å². The molecule has 0 amide bonds. The van der Waals surface area contributed by atoms with Crippen LogP contribution in [0.5, 0.6) is 0 Å². The lowest BCUT2D eigenvalue weighted by atomic mass is 10.0. The lowest BCUT2D eigenvalue weighted by Crippen LogP contribution is -2.43. The molecule has 92 valence electrons. The molecule has 0 bridgehead atoms. The Morgan fingerprint density at radius 1 is 1.28 bits per heavy atom. The molecule has 0 spiro atoms. The first-order valence-corrected chi connectivity index (χ1v) is 6.05. The Hall–Kier alpha value is -1.75. The van der Waals surface area contributed by atoms with E-state index < -0.39 is 0 Å². The maximum absolute atomic E-state index is 6.09. The van der Waals surface area contributed by atoms with Gasteiger partial charge in [0.2, 0.25) is 0 Å². The number of aromatic nitrogens is 1. The van der Waals surface area contributed by atoms with Gasteiger partial charge in [-0.3, -0.25) is 0 Å². The number of anilines is 1. The average Bonchev–Trinajstić information content (AvgIpc) is 2.83. The van der Waals surface area contributed by atoms with Crippen LogP contribution in [0, 0.1) is 0 Å². The van der Waals surface area contributed by atoms with Crippen LogP contribution in [-0.4, -0.2) is 11.5 Å². The molecule has 0 fully saturated rings. The highest BCUT2D eigenvalue weighted by Gasteiger charge is 2.17. The quantitative estimate of drug-likeness (QED) is 0.690. The van der Waals surface area contributed by atoms with Crippen LogP contribution in [-0.2, 0) is 0 Å². The molecule has 0 atom stereocenters. The third-order valence-corrected chi connectivity index (χ3v) is 3.20. The van der Waals surface area contributed by atoms with E-state index in [0.29, 0.717) is 11.6 Å². The van der Waals surface area contributed by atoms with Gasteiger partial charge in [0.05, 0.1) is 5.69 Å². The molecule has 0 radical (unpaired) electrons. The van der Waals surface area contributed by atoms with Gasteiger partial charge in [-0.05, 0) is 30.3 Å². The second-order valence-corrected chi connectivity index (χ2v) is 4.53. The molecule has 4 N–H and O–H groups in total. The van der Waals surface area contributed by atoms with Crippen LogP contribution in [0.15, 0.2) is 42.6 Å². The lowest BCUT2D eigenvalue weighted by Gasteiger charge is -2.19. The summed E-state index contributed by atoms with van der Waals surface area (Å²) in [6, 6.07) is 9.67. The van der Waals surface area contributed by atoms with E-state index in [0.717, 1.165) is 22.5 Å². The minimum Gasteiger partial charge on any atom is -0.361 e. The molecular formula is C13H13ClN4. The number of hydrogen-bond donors (Lipinski definition) is 3. The van der Waals surface area contributed by atoms with Crippen molar-refractivity contribution >= 4 is 22.9 Å². The van der Waals surface area contributed by atoms with E-state index in [1.807, 2.05) is 36.5 Å². The number of rotatable bonds is 1. The van der Waals surface area contributed by atoms with Gasteiger partial charge in [0.25, 0.3) is 0 Å². The van der Waals surface area contributed by atoms with Crippen LogP contribution in [0.1, 0.15) is 11.3 Å². The number of hydrogen-bond acceptors (Lipinski definition) is 3. The summed E-state index contributed by atoms with van der Waals surface area (Å²) >= 11 is 6.09. The molecule has 2 heterocycles. The van der Waals surface area contributed by atoms with Gasteiger partial charge in [0.15, 0.2) is 0 Å². The van der Waals surface area contributed by atoms with Gasteiger partial charge in [-0.15, -0.1) is 0 Å². The van der Waals surface area contributed by atoms with Gasteiger partial charge in [-0.25, -0.2) is 16.4 Å². The number of fused-ring (bicyclic) bond motifs is 1. The van der Waals surface area contributed by atoms with Crippen molar-refractivity contribution in [1.29, 1.82) is 0 Å². The van der Waals surface area contributed by atoms with Gasteiger partial charge in [0, 0.05) is 34.6 Å². The Balaban J connectivity index is 2.19. The summed E-state index contributed by atoms with van der Waals surface area (Å²) in [5.74, 6) is 5.95. The first-order chi connectivity index (χ1) is 8.75. The number of nitrogens with two attached hydrogens (primary N) is 1. The summed E-state index contributed by atoms with van der Waals surface area (Å²) in [6.07, 6.45) is 3.99. The Bertz CT molecular complexity index is 589. The monoisotopic (exact) mass is 260 g/mol. The van der Waals surface area contributed by atoms with Gasteiger partial charge in [-0.1, -0.05) is 17.7 Å². The standard InChI is InChI=1S/C13H13ClN4/c14-9-3-4-13-11(8-9)10(5-7-17-18(13)15)12-2-1-6-16-12/h1-6,8,16-17H,7,15H2. The number of benzene rings is 1. The Labute approximate surface area is 110 Å².